The highest BCUT2D eigenvalue weighted by Gasteiger charge is 2.13. The van der Waals surface area contributed by atoms with E-state index in [1.165, 1.54) is 19.2 Å². The van der Waals surface area contributed by atoms with Crippen molar-refractivity contribution >= 4 is 68.3 Å². The molecule has 4 aromatic rings. The molecule has 0 atom stereocenters. The van der Waals surface area contributed by atoms with Crippen LogP contribution in [0.1, 0.15) is 5.56 Å². The molecule has 32 heavy (non-hydrogen) atoms. The van der Waals surface area contributed by atoms with Crippen molar-refractivity contribution in [2.75, 3.05) is 19.0 Å². The van der Waals surface area contributed by atoms with Gasteiger partial charge in [0.15, 0.2) is 6.61 Å². The zero-order valence-electron chi connectivity index (χ0n) is 16.9. The van der Waals surface area contributed by atoms with Gasteiger partial charge in [-0.1, -0.05) is 34.8 Å². The highest BCUT2D eigenvalue weighted by atomic mass is 35.5. The van der Waals surface area contributed by atoms with Gasteiger partial charge in [-0.3, -0.25) is 9.59 Å². The zero-order chi connectivity index (χ0) is 23.0. The van der Waals surface area contributed by atoms with Crippen LogP contribution in [-0.2, 0) is 4.79 Å². The van der Waals surface area contributed by atoms with E-state index in [-0.39, 0.29) is 22.8 Å². The number of carbonyl (C=O) groups excluding carboxylic acids is 1. The Morgan fingerprint density at radius 1 is 0.938 bits per heavy atom. The number of anilines is 1. The smallest absolute Gasteiger partial charge is 0.262 e. The van der Waals surface area contributed by atoms with Gasteiger partial charge >= 0.3 is 0 Å². The molecular weight excluding hydrogens is 477 g/mol. The largest absolute Gasteiger partial charge is 0.495 e. The molecule has 164 valence electrons. The Morgan fingerprint density at radius 3 is 2.41 bits per heavy atom. The fourth-order valence-electron chi connectivity index (χ4n) is 3.17. The van der Waals surface area contributed by atoms with E-state index in [4.69, 9.17) is 48.7 Å². The minimum absolute atomic E-state index is 0.198. The summed E-state index contributed by atoms with van der Waals surface area (Å²) in [6.07, 6.45) is 0. The lowest BCUT2D eigenvalue weighted by Gasteiger charge is -2.11. The molecule has 1 aromatic heterocycles. The van der Waals surface area contributed by atoms with Crippen LogP contribution in [0.25, 0.3) is 21.9 Å². The van der Waals surface area contributed by atoms with Gasteiger partial charge in [-0.05, 0) is 42.8 Å². The Kier molecular flexibility index (Phi) is 6.20. The average molecular weight is 493 g/mol. The molecule has 6 nitrogen and oxygen atoms in total. The van der Waals surface area contributed by atoms with Crippen LogP contribution >= 0.6 is 34.8 Å². The molecule has 0 bridgehead atoms. The van der Waals surface area contributed by atoms with Crippen molar-refractivity contribution < 1.29 is 18.7 Å². The standard InChI is InChI=1S/C23H16Cl3NO5/c1-11-5-18-14(7-15(11)24)23(29)13-4-3-12(6-19(13)32-18)27-22(28)10-31-21-9-20(30-2)16(25)8-17(21)26/h3-9H,10H2,1-2H3,(H,27,28). The number of ether oxygens (including phenoxy) is 2. The number of amides is 1. The number of nitrogens with one attached hydrogen (secondary N) is 1. The van der Waals surface area contributed by atoms with E-state index < -0.39 is 5.91 Å². The zero-order valence-corrected chi connectivity index (χ0v) is 19.2. The van der Waals surface area contributed by atoms with E-state index in [0.29, 0.717) is 43.4 Å². The molecule has 1 N–H and O–H groups in total. The summed E-state index contributed by atoms with van der Waals surface area (Å²) in [7, 11) is 1.46. The maximum atomic E-state index is 12.8. The first-order valence-electron chi connectivity index (χ1n) is 9.39. The number of carbonyl (C=O) groups is 1. The van der Waals surface area contributed by atoms with Crippen molar-refractivity contribution in [1.82, 2.24) is 0 Å². The third-order valence-electron chi connectivity index (χ3n) is 4.80. The lowest BCUT2D eigenvalue weighted by Crippen LogP contribution is -2.20. The van der Waals surface area contributed by atoms with Gasteiger partial charge in [-0.25, -0.2) is 0 Å². The predicted octanol–water partition coefficient (Wildman–Crippen LogP) is 6.24. The molecule has 0 spiro atoms. The molecule has 0 unspecified atom stereocenters. The lowest BCUT2D eigenvalue weighted by atomic mass is 10.1. The highest BCUT2D eigenvalue weighted by Crippen LogP contribution is 2.35. The first kappa shape index (κ1) is 22.3. The first-order chi connectivity index (χ1) is 15.3. The van der Waals surface area contributed by atoms with Gasteiger partial charge in [0.1, 0.15) is 22.7 Å². The highest BCUT2D eigenvalue weighted by molar-refractivity contribution is 6.36. The molecule has 3 aromatic carbocycles. The SMILES string of the molecule is COc1cc(OCC(=O)Nc2ccc3c(=O)c4cc(Cl)c(C)cc4oc3c2)c(Cl)cc1Cl. The fourth-order valence-corrected chi connectivity index (χ4v) is 3.85. The third-order valence-corrected chi connectivity index (χ3v) is 5.80. The van der Waals surface area contributed by atoms with Crippen LogP contribution in [0.5, 0.6) is 11.5 Å². The van der Waals surface area contributed by atoms with E-state index in [1.807, 2.05) is 6.92 Å². The Balaban J connectivity index is 1.55. The second kappa shape index (κ2) is 8.90. The van der Waals surface area contributed by atoms with Crippen LogP contribution in [0, 0.1) is 6.92 Å². The molecule has 1 heterocycles. The molecule has 0 aliphatic rings. The van der Waals surface area contributed by atoms with Crippen molar-refractivity contribution in [2.24, 2.45) is 0 Å². The number of aryl methyl sites for hydroxylation is 1. The van der Waals surface area contributed by atoms with Crippen molar-refractivity contribution in [3.63, 3.8) is 0 Å². The van der Waals surface area contributed by atoms with E-state index in [1.54, 1.807) is 30.3 Å². The predicted molar refractivity (Wildman–Crippen MR) is 127 cm³/mol. The van der Waals surface area contributed by atoms with Gasteiger partial charge in [-0.15, -0.1) is 0 Å². The normalized spacial score (nSPS) is 11.0. The van der Waals surface area contributed by atoms with Crippen LogP contribution in [0.15, 0.2) is 51.7 Å². The van der Waals surface area contributed by atoms with Gasteiger partial charge in [-0.2, -0.15) is 0 Å². The van der Waals surface area contributed by atoms with Crippen LogP contribution < -0.4 is 20.2 Å². The maximum Gasteiger partial charge on any atom is 0.262 e. The summed E-state index contributed by atoms with van der Waals surface area (Å²) in [4.78, 5) is 25.2. The Labute approximate surface area is 197 Å². The van der Waals surface area contributed by atoms with Crippen LogP contribution in [-0.4, -0.2) is 19.6 Å². The van der Waals surface area contributed by atoms with Crippen LogP contribution in [0.3, 0.4) is 0 Å². The summed E-state index contributed by atoms with van der Waals surface area (Å²) < 4.78 is 16.5. The number of fused-ring (bicyclic) bond motifs is 2. The van der Waals surface area contributed by atoms with Crippen molar-refractivity contribution in [3.05, 3.63) is 73.3 Å². The lowest BCUT2D eigenvalue weighted by molar-refractivity contribution is -0.118. The molecule has 0 aliphatic heterocycles. The molecule has 0 fully saturated rings. The van der Waals surface area contributed by atoms with Crippen LogP contribution in [0.2, 0.25) is 15.1 Å². The Hall–Kier alpha value is -2.93. The summed E-state index contributed by atoms with van der Waals surface area (Å²) in [5.41, 5.74) is 1.80. The van der Waals surface area contributed by atoms with Crippen molar-refractivity contribution in [3.8, 4) is 11.5 Å². The number of benzene rings is 3. The van der Waals surface area contributed by atoms with Gasteiger partial charge in [0.05, 0.1) is 27.9 Å². The average Bonchev–Trinajstić information content (AvgIpc) is 2.75. The number of hydrogen-bond acceptors (Lipinski definition) is 5. The molecular formula is C23H16Cl3NO5. The van der Waals surface area contributed by atoms with E-state index in [2.05, 4.69) is 5.32 Å². The minimum atomic E-state index is -0.430. The summed E-state index contributed by atoms with van der Waals surface area (Å²) in [5, 5.41) is 4.55. The fraction of sp³-hybridized carbons (Fsp3) is 0.130. The Bertz CT molecular complexity index is 1430. The summed E-state index contributed by atoms with van der Waals surface area (Å²) in [6.45, 7) is 1.52. The van der Waals surface area contributed by atoms with Gasteiger partial charge in [0, 0.05) is 22.8 Å². The summed E-state index contributed by atoms with van der Waals surface area (Å²) in [5.74, 6) is 0.202. The van der Waals surface area contributed by atoms with E-state index >= 15 is 0 Å². The number of hydrogen-bond donors (Lipinski definition) is 1. The maximum absolute atomic E-state index is 12.8. The first-order valence-corrected chi connectivity index (χ1v) is 10.5. The molecule has 0 saturated carbocycles. The van der Waals surface area contributed by atoms with Gasteiger partial charge in [0.2, 0.25) is 5.43 Å². The van der Waals surface area contributed by atoms with Gasteiger partial charge in [0.25, 0.3) is 5.91 Å². The monoisotopic (exact) mass is 491 g/mol. The number of halogens is 3. The van der Waals surface area contributed by atoms with E-state index in [0.717, 1.165) is 5.56 Å². The summed E-state index contributed by atoms with van der Waals surface area (Å²) >= 11 is 18.2. The molecule has 9 heteroatoms. The second-order valence-electron chi connectivity index (χ2n) is 6.99. The Morgan fingerprint density at radius 2 is 1.66 bits per heavy atom. The van der Waals surface area contributed by atoms with Crippen molar-refractivity contribution in [1.29, 1.82) is 0 Å². The molecule has 0 saturated heterocycles. The number of methoxy groups -OCH3 is 1. The molecule has 4 rings (SSSR count). The minimum Gasteiger partial charge on any atom is -0.495 e. The quantitative estimate of drug-likeness (QED) is 0.334. The summed E-state index contributed by atoms with van der Waals surface area (Å²) in [6, 6.07) is 11.1. The number of rotatable bonds is 5. The topological polar surface area (TPSA) is 77.8 Å². The molecule has 1 amide bonds. The second-order valence-corrected chi connectivity index (χ2v) is 8.22. The molecule has 0 aliphatic carbocycles. The molecule has 0 radical (unpaired) electrons. The van der Waals surface area contributed by atoms with Gasteiger partial charge < -0.3 is 19.2 Å². The third kappa shape index (κ3) is 4.35. The van der Waals surface area contributed by atoms with Crippen molar-refractivity contribution in [2.45, 2.75) is 6.92 Å². The van der Waals surface area contributed by atoms with Crippen LogP contribution in [0.4, 0.5) is 5.69 Å². The van der Waals surface area contributed by atoms with E-state index in [9.17, 15) is 9.59 Å².